The molecule has 1 saturated heterocycles. The van der Waals surface area contributed by atoms with Gasteiger partial charge in [-0.05, 0) is 79.5 Å². The zero-order valence-corrected chi connectivity index (χ0v) is 19.6. The number of sulfonamides is 1. The van der Waals surface area contributed by atoms with Crippen LogP contribution in [0.25, 0.3) is 21.9 Å². The number of aromatic nitrogens is 2. The summed E-state index contributed by atoms with van der Waals surface area (Å²) >= 11 is 0. The van der Waals surface area contributed by atoms with Gasteiger partial charge in [-0.15, -0.1) is 0 Å². The van der Waals surface area contributed by atoms with Crippen molar-refractivity contribution < 1.29 is 12.8 Å². The summed E-state index contributed by atoms with van der Waals surface area (Å²) in [5.41, 5.74) is 3.26. The van der Waals surface area contributed by atoms with Crippen LogP contribution < -0.4 is 5.32 Å². The van der Waals surface area contributed by atoms with Gasteiger partial charge in [-0.3, -0.25) is 9.97 Å². The highest BCUT2D eigenvalue weighted by molar-refractivity contribution is 7.89. The lowest BCUT2D eigenvalue weighted by molar-refractivity contribution is 0.316. The maximum Gasteiger partial charge on any atom is 0.216 e. The van der Waals surface area contributed by atoms with E-state index in [1.54, 1.807) is 22.8 Å². The van der Waals surface area contributed by atoms with Crippen molar-refractivity contribution in [1.29, 1.82) is 0 Å². The summed E-state index contributed by atoms with van der Waals surface area (Å²) in [4.78, 5) is 8.44. The SMILES string of the molecule is CC(F)c1cc(-c2cc(NC3CCN(S(=O)(=O)C4CCC4)CC3)c3cnccc3c2)ccn1. The Morgan fingerprint density at radius 2 is 1.85 bits per heavy atom. The average Bonchev–Trinajstić information content (AvgIpc) is 2.78. The van der Waals surface area contributed by atoms with Crippen LogP contribution in [0, 0.1) is 0 Å². The molecule has 2 fully saturated rings. The predicted molar refractivity (Wildman–Crippen MR) is 129 cm³/mol. The first-order valence-electron chi connectivity index (χ1n) is 11.7. The molecule has 0 bridgehead atoms. The Kier molecular flexibility index (Phi) is 6.05. The van der Waals surface area contributed by atoms with Gasteiger partial charge in [0, 0.05) is 48.8 Å². The monoisotopic (exact) mass is 468 g/mol. The molecular weight excluding hydrogens is 439 g/mol. The minimum Gasteiger partial charge on any atom is -0.382 e. The number of nitrogens with zero attached hydrogens (tertiary/aromatic N) is 3. The Labute approximate surface area is 194 Å². The molecule has 3 heterocycles. The van der Waals surface area contributed by atoms with Gasteiger partial charge < -0.3 is 5.32 Å². The van der Waals surface area contributed by atoms with E-state index in [1.165, 1.54) is 6.92 Å². The fourth-order valence-electron chi connectivity index (χ4n) is 4.68. The van der Waals surface area contributed by atoms with Crippen molar-refractivity contribution in [1.82, 2.24) is 14.3 Å². The van der Waals surface area contributed by atoms with Crippen molar-refractivity contribution in [2.75, 3.05) is 18.4 Å². The van der Waals surface area contributed by atoms with Gasteiger partial charge in [0.05, 0.1) is 10.9 Å². The average molecular weight is 469 g/mol. The van der Waals surface area contributed by atoms with Gasteiger partial charge in [-0.25, -0.2) is 17.1 Å². The minimum absolute atomic E-state index is 0.175. The van der Waals surface area contributed by atoms with Gasteiger partial charge >= 0.3 is 0 Å². The summed E-state index contributed by atoms with van der Waals surface area (Å²) < 4.78 is 41.0. The van der Waals surface area contributed by atoms with Gasteiger partial charge in [0.15, 0.2) is 0 Å². The van der Waals surface area contributed by atoms with Crippen LogP contribution in [0.3, 0.4) is 0 Å². The van der Waals surface area contributed by atoms with Crippen LogP contribution >= 0.6 is 0 Å². The summed E-state index contributed by atoms with van der Waals surface area (Å²) in [6.07, 6.45) is 8.25. The van der Waals surface area contributed by atoms with Crippen LogP contribution in [0.15, 0.2) is 48.9 Å². The number of hydrogen-bond donors (Lipinski definition) is 1. The number of alkyl halides is 1. The maximum atomic E-state index is 13.8. The molecule has 1 N–H and O–H groups in total. The summed E-state index contributed by atoms with van der Waals surface area (Å²) in [5, 5.41) is 5.53. The summed E-state index contributed by atoms with van der Waals surface area (Å²) in [6.45, 7) is 2.59. The molecule has 1 atom stereocenters. The molecule has 3 aromatic rings. The molecule has 2 aliphatic rings. The Hall–Kier alpha value is -2.58. The molecule has 0 amide bonds. The number of hydrogen-bond acceptors (Lipinski definition) is 5. The van der Waals surface area contributed by atoms with Crippen molar-refractivity contribution in [3.63, 3.8) is 0 Å². The van der Waals surface area contributed by atoms with Crippen molar-refractivity contribution >= 4 is 26.5 Å². The molecule has 1 aliphatic carbocycles. The number of anilines is 1. The third-order valence-corrected chi connectivity index (χ3v) is 9.32. The first-order valence-corrected chi connectivity index (χ1v) is 13.2. The molecule has 174 valence electrons. The van der Waals surface area contributed by atoms with E-state index in [0.29, 0.717) is 18.8 Å². The van der Waals surface area contributed by atoms with Crippen molar-refractivity contribution in [2.24, 2.45) is 0 Å². The fraction of sp³-hybridized carbons (Fsp3) is 0.440. The quantitative estimate of drug-likeness (QED) is 0.546. The summed E-state index contributed by atoms with van der Waals surface area (Å²) in [6, 6.07) is 9.98. The van der Waals surface area contributed by atoms with Gasteiger partial charge in [0.25, 0.3) is 0 Å². The zero-order valence-electron chi connectivity index (χ0n) is 18.7. The standard InChI is InChI=1S/C25H29FN4O2S/c1-17(26)24-14-18(6-10-28-24)20-13-19-5-9-27-16-23(19)25(15-20)29-21-7-11-30(12-8-21)33(31,32)22-3-2-4-22/h5-6,9-10,13-17,21-22,29H,2-4,7-8,11-12H2,1H3. The van der Waals surface area contributed by atoms with E-state index >= 15 is 0 Å². The zero-order chi connectivity index (χ0) is 23.0. The normalized spacial score (nSPS) is 19.3. The van der Waals surface area contributed by atoms with E-state index in [1.807, 2.05) is 18.3 Å². The predicted octanol–water partition coefficient (Wildman–Crippen LogP) is 5.09. The van der Waals surface area contributed by atoms with Crippen LogP contribution in [-0.2, 0) is 10.0 Å². The van der Waals surface area contributed by atoms with Crippen LogP contribution in [0.1, 0.15) is 50.9 Å². The molecule has 8 heteroatoms. The van der Waals surface area contributed by atoms with E-state index < -0.39 is 16.2 Å². The number of piperidine rings is 1. The Balaban J connectivity index is 1.39. The highest BCUT2D eigenvalue weighted by Crippen LogP contribution is 2.34. The van der Waals surface area contributed by atoms with Gasteiger partial charge in [-0.1, -0.05) is 6.42 Å². The lowest BCUT2D eigenvalue weighted by atomic mass is 9.99. The number of rotatable bonds is 6. The molecule has 1 aromatic carbocycles. The molecule has 1 unspecified atom stereocenters. The first-order chi connectivity index (χ1) is 15.9. The second-order valence-corrected chi connectivity index (χ2v) is 11.3. The van der Waals surface area contributed by atoms with E-state index in [2.05, 4.69) is 27.4 Å². The van der Waals surface area contributed by atoms with Crippen LogP contribution in [0.5, 0.6) is 0 Å². The Morgan fingerprint density at radius 1 is 1.06 bits per heavy atom. The summed E-state index contributed by atoms with van der Waals surface area (Å²) in [5.74, 6) is 0. The van der Waals surface area contributed by atoms with Crippen molar-refractivity contribution in [2.45, 2.75) is 56.5 Å². The largest absolute Gasteiger partial charge is 0.382 e. The fourth-order valence-corrected chi connectivity index (χ4v) is 6.75. The Bertz CT molecular complexity index is 1250. The van der Waals surface area contributed by atoms with Crippen molar-refractivity contribution in [3.8, 4) is 11.1 Å². The number of halogens is 1. The third-order valence-electron chi connectivity index (χ3n) is 6.92. The first kappa shape index (κ1) is 22.2. The molecule has 33 heavy (non-hydrogen) atoms. The third kappa shape index (κ3) is 4.46. The number of fused-ring (bicyclic) bond motifs is 1. The van der Waals surface area contributed by atoms with Gasteiger partial charge in [0.1, 0.15) is 6.17 Å². The van der Waals surface area contributed by atoms with E-state index in [4.69, 9.17) is 0 Å². The molecular formula is C25H29FN4O2S. The van der Waals surface area contributed by atoms with Gasteiger partial charge in [-0.2, -0.15) is 0 Å². The second-order valence-electron chi connectivity index (χ2n) is 9.12. The van der Waals surface area contributed by atoms with Gasteiger partial charge in [0.2, 0.25) is 10.0 Å². The molecule has 6 nitrogen and oxygen atoms in total. The smallest absolute Gasteiger partial charge is 0.216 e. The topological polar surface area (TPSA) is 75.2 Å². The van der Waals surface area contributed by atoms with Crippen LogP contribution in [0.2, 0.25) is 0 Å². The minimum atomic E-state index is -3.15. The lowest BCUT2D eigenvalue weighted by Gasteiger charge is -2.37. The molecule has 0 radical (unpaired) electrons. The van der Waals surface area contributed by atoms with E-state index in [0.717, 1.165) is 59.7 Å². The molecule has 1 aliphatic heterocycles. The van der Waals surface area contributed by atoms with Crippen molar-refractivity contribution in [3.05, 3.63) is 54.6 Å². The number of benzene rings is 1. The maximum absolute atomic E-state index is 13.8. The van der Waals surface area contributed by atoms with Crippen LogP contribution in [-0.4, -0.2) is 47.1 Å². The second kappa shape index (κ2) is 8.99. The number of pyridine rings is 2. The van der Waals surface area contributed by atoms with Crippen LogP contribution in [0.4, 0.5) is 10.1 Å². The van der Waals surface area contributed by atoms with E-state index in [9.17, 15) is 12.8 Å². The number of nitrogens with one attached hydrogen (secondary N) is 1. The molecule has 2 aromatic heterocycles. The molecule has 0 spiro atoms. The van der Waals surface area contributed by atoms with E-state index in [-0.39, 0.29) is 11.3 Å². The highest BCUT2D eigenvalue weighted by atomic mass is 32.2. The molecule has 1 saturated carbocycles. The summed E-state index contributed by atoms with van der Waals surface area (Å²) in [7, 11) is -3.15. The lowest BCUT2D eigenvalue weighted by Crippen LogP contribution is -2.47. The Morgan fingerprint density at radius 3 is 2.55 bits per heavy atom. The highest BCUT2D eigenvalue weighted by Gasteiger charge is 2.37. The molecule has 5 rings (SSSR count).